The van der Waals surface area contributed by atoms with Crippen molar-refractivity contribution in [1.29, 1.82) is 0 Å². The van der Waals surface area contributed by atoms with E-state index >= 15 is 0 Å². The lowest BCUT2D eigenvalue weighted by Crippen LogP contribution is -2.48. The SMILES string of the molecule is C=CC1=CC[C@H]2C(=O)N(c3cccc(Cl)c3)C(=O)[C@@]2(c2ccccc2)[C@H]1c1ccc(CO)o1. The lowest BCUT2D eigenvalue weighted by atomic mass is 9.57. The van der Waals surface area contributed by atoms with Gasteiger partial charge in [-0.1, -0.05) is 66.7 Å². The molecule has 3 aromatic rings. The Balaban J connectivity index is 1.79. The maximum absolute atomic E-state index is 14.4. The molecule has 0 radical (unpaired) electrons. The summed E-state index contributed by atoms with van der Waals surface area (Å²) in [5, 5.41) is 10.0. The van der Waals surface area contributed by atoms with Crippen molar-refractivity contribution in [1.82, 2.24) is 0 Å². The summed E-state index contributed by atoms with van der Waals surface area (Å²) in [4.78, 5) is 29.5. The van der Waals surface area contributed by atoms with Crippen LogP contribution < -0.4 is 4.90 Å². The second kappa shape index (κ2) is 8.18. The molecule has 0 unspecified atom stereocenters. The van der Waals surface area contributed by atoms with Crippen molar-refractivity contribution < 1.29 is 19.1 Å². The van der Waals surface area contributed by atoms with Crippen LogP contribution in [0.25, 0.3) is 0 Å². The Morgan fingerprint density at radius 1 is 1.12 bits per heavy atom. The van der Waals surface area contributed by atoms with Crippen molar-refractivity contribution in [2.75, 3.05) is 4.90 Å². The molecule has 2 heterocycles. The smallest absolute Gasteiger partial charge is 0.246 e. The van der Waals surface area contributed by atoms with Crippen LogP contribution in [-0.2, 0) is 21.6 Å². The van der Waals surface area contributed by atoms with Gasteiger partial charge in [0.15, 0.2) is 0 Å². The Kier molecular flexibility index (Phi) is 5.31. The van der Waals surface area contributed by atoms with Crippen LogP contribution in [0.5, 0.6) is 0 Å². The molecule has 2 aliphatic rings. The molecule has 2 aromatic carbocycles. The summed E-state index contributed by atoms with van der Waals surface area (Å²) < 4.78 is 5.96. The molecule has 33 heavy (non-hydrogen) atoms. The third kappa shape index (κ3) is 3.11. The van der Waals surface area contributed by atoms with Crippen LogP contribution in [0.4, 0.5) is 5.69 Å². The molecule has 0 bridgehead atoms. The van der Waals surface area contributed by atoms with Crippen LogP contribution in [0, 0.1) is 5.92 Å². The average Bonchev–Trinajstić information content (AvgIpc) is 3.40. The van der Waals surface area contributed by atoms with Crippen molar-refractivity contribution in [3.05, 3.63) is 113 Å². The number of furan rings is 1. The monoisotopic (exact) mass is 459 g/mol. The Morgan fingerprint density at radius 3 is 2.58 bits per heavy atom. The van der Waals surface area contributed by atoms with Crippen LogP contribution >= 0.6 is 11.6 Å². The first kappa shape index (κ1) is 21.4. The van der Waals surface area contributed by atoms with Gasteiger partial charge < -0.3 is 9.52 Å². The first-order valence-corrected chi connectivity index (χ1v) is 11.1. The summed E-state index contributed by atoms with van der Waals surface area (Å²) in [6.07, 6.45) is 4.06. The van der Waals surface area contributed by atoms with Crippen LogP contribution in [0.15, 0.2) is 95.5 Å². The van der Waals surface area contributed by atoms with Gasteiger partial charge in [-0.25, -0.2) is 4.90 Å². The second-order valence-electron chi connectivity index (χ2n) is 8.29. The molecule has 1 fully saturated rings. The van der Waals surface area contributed by atoms with E-state index < -0.39 is 17.3 Å². The summed E-state index contributed by atoms with van der Waals surface area (Å²) in [5.41, 5.74) is 0.751. The Labute approximate surface area is 196 Å². The molecule has 166 valence electrons. The standard InChI is InChI=1S/C27H22ClNO4/c1-2-17-11-13-22-25(31)29(20-10-6-9-19(28)15-20)26(32)27(22,18-7-4-3-5-8-18)24(17)23-14-12-21(16-30)33-23/h2-12,14-15,22,24,30H,1,13,16H2/t22-,24+,27+/m0/s1. The van der Waals surface area contributed by atoms with Gasteiger partial charge >= 0.3 is 0 Å². The van der Waals surface area contributed by atoms with E-state index in [2.05, 4.69) is 6.58 Å². The van der Waals surface area contributed by atoms with Gasteiger partial charge in [0.25, 0.3) is 0 Å². The van der Waals surface area contributed by atoms with Gasteiger partial charge in [0, 0.05) is 5.02 Å². The van der Waals surface area contributed by atoms with E-state index in [1.165, 1.54) is 4.90 Å². The number of nitrogens with zero attached hydrogens (tertiary/aromatic N) is 1. The maximum Gasteiger partial charge on any atom is 0.246 e. The first-order chi connectivity index (χ1) is 16.0. The highest BCUT2D eigenvalue weighted by atomic mass is 35.5. The Hall–Kier alpha value is -3.41. The maximum atomic E-state index is 14.4. The number of amides is 2. The third-order valence-corrected chi connectivity index (χ3v) is 6.91. The summed E-state index contributed by atoms with van der Waals surface area (Å²) in [5.74, 6) is -0.926. The third-order valence-electron chi connectivity index (χ3n) is 6.68. The highest BCUT2D eigenvalue weighted by Gasteiger charge is 2.66. The fourth-order valence-electron chi connectivity index (χ4n) is 5.32. The number of carbonyl (C=O) groups excluding carboxylic acids is 2. The number of anilines is 1. The Morgan fingerprint density at radius 2 is 1.91 bits per heavy atom. The Bertz CT molecular complexity index is 1280. The molecule has 3 atom stereocenters. The second-order valence-corrected chi connectivity index (χ2v) is 8.72. The number of halogens is 1. The first-order valence-electron chi connectivity index (χ1n) is 10.7. The molecule has 1 saturated heterocycles. The number of imide groups is 1. The molecule has 1 aliphatic heterocycles. The van der Waals surface area contributed by atoms with Crippen molar-refractivity contribution >= 4 is 29.1 Å². The minimum atomic E-state index is -1.23. The molecule has 5 rings (SSSR count). The van der Waals surface area contributed by atoms with E-state index in [0.717, 1.165) is 11.1 Å². The minimum absolute atomic E-state index is 0.261. The molecule has 2 amide bonds. The van der Waals surface area contributed by atoms with Crippen LogP contribution in [-0.4, -0.2) is 16.9 Å². The number of benzene rings is 2. The molecular weight excluding hydrogens is 438 g/mol. The van der Waals surface area contributed by atoms with Crippen molar-refractivity contribution in [2.45, 2.75) is 24.4 Å². The molecule has 1 aliphatic carbocycles. The van der Waals surface area contributed by atoms with Gasteiger partial charge in [-0.15, -0.1) is 0 Å². The fraction of sp³-hybridized carbons (Fsp3) is 0.185. The van der Waals surface area contributed by atoms with Gasteiger partial charge in [-0.3, -0.25) is 9.59 Å². The number of hydrogen-bond donors (Lipinski definition) is 1. The van der Waals surface area contributed by atoms with Crippen molar-refractivity contribution in [3.8, 4) is 0 Å². The normalized spacial score (nSPS) is 24.5. The zero-order valence-corrected chi connectivity index (χ0v) is 18.5. The predicted octanol–water partition coefficient (Wildman–Crippen LogP) is 5.15. The number of hydrogen-bond acceptors (Lipinski definition) is 4. The van der Waals surface area contributed by atoms with E-state index in [1.807, 2.05) is 36.4 Å². The fourth-order valence-corrected chi connectivity index (χ4v) is 5.50. The van der Waals surface area contributed by atoms with Crippen LogP contribution in [0.3, 0.4) is 0 Å². The van der Waals surface area contributed by atoms with E-state index in [1.54, 1.807) is 42.5 Å². The van der Waals surface area contributed by atoms with E-state index in [9.17, 15) is 14.7 Å². The number of fused-ring (bicyclic) bond motifs is 1. The van der Waals surface area contributed by atoms with Gasteiger partial charge in [-0.2, -0.15) is 0 Å². The van der Waals surface area contributed by atoms with E-state index in [0.29, 0.717) is 28.7 Å². The largest absolute Gasteiger partial charge is 0.463 e. The molecule has 0 spiro atoms. The molecule has 1 N–H and O–H groups in total. The molecule has 6 heteroatoms. The molecule has 0 saturated carbocycles. The predicted molar refractivity (Wildman–Crippen MR) is 126 cm³/mol. The van der Waals surface area contributed by atoms with Crippen molar-refractivity contribution in [2.24, 2.45) is 5.92 Å². The van der Waals surface area contributed by atoms with Gasteiger partial charge in [0.05, 0.1) is 17.5 Å². The van der Waals surface area contributed by atoms with Gasteiger partial charge in [-0.05, 0) is 47.9 Å². The zero-order chi connectivity index (χ0) is 23.2. The topological polar surface area (TPSA) is 70.8 Å². The van der Waals surface area contributed by atoms with Gasteiger partial charge in [0.1, 0.15) is 23.5 Å². The lowest BCUT2D eigenvalue weighted by Gasteiger charge is -2.42. The molecule has 5 nitrogen and oxygen atoms in total. The van der Waals surface area contributed by atoms with E-state index in [-0.39, 0.29) is 18.4 Å². The number of aliphatic hydroxyl groups is 1. The summed E-state index contributed by atoms with van der Waals surface area (Å²) in [7, 11) is 0. The number of rotatable bonds is 5. The lowest BCUT2D eigenvalue weighted by molar-refractivity contribution is -0.123. The van der Waals surface area contributed by atoms with Crippen LogP contribution in [0.1, 0.15) is 29.4 Å². The number of allylic oxidation sites excluding steroid dienone is 3. The highest BCUT2D eigenvalue weighted by molar-refractivity contribution is 6.32. The number of carbonyl (C=O) groups is 2. The average molecular weight is 460 g/mol. The van der Waals surface area contributed by atoms with Gasteiger partial charge in [0.2, 0.25) is 11.8 Å². The quantitative estimate of drug-likeness (QED) is 0.535. The summed E-state index contributed by atoms with van der Waals surface area (Å²) in [6, 6.07) is 19.6. The van der Waals surface area contributed by atoms with Crippen LogP contribution in [0.2, 0.25) is 5.02 Å². The summed E-state index contributed by atoms with van der Waals surface area (Å²) in [6.45, 7) is 3.71. The number of aliphatic hydroxyl groups excluding tert-OH is 1. The summed E-state index contributed by atoms with van der Waals surface area (Å²) >= 11 is 6.20. The minimum Gasteiger partial charge on any atom is -0.463 e. The van der Waals surface area contributed by atoms with Crippen molar-refractivity contribution in [3.63, 3.8) is 0 Å². The van der Waals surface area contributed by atoms with E-state index in [4.69, 9.17) is 16.0 Å². The molecular formula is C27H22ClNO4. The highest BCUT2D eigenvalue weighted by Crippen LogP contribution is 2.58. The molecule has 1 aromatic heterocycles. The zero-order valence-electron chi connectivity index (χ0n) is 17.8.